The van der Waals surface area contributed by atoms with E-state index in [1.54, 1.807) is 12.4 Å². The molecule has 1 aliphatic heterocycles. The van der Waals surface area contributed by atoms with Gasteiger partial charge in [-0.25, -0.2) is 9.97 Å². The minimum atomic E-state index is 0.119. The number of rotatable bonds is 1. The van der Waals surface area contributed by atoms with E-state index in [1.807, 2.05) is 11.8 Å². The van der Waals surface area contributed by atoms with Crippen LogP contribution in [0.2, 0.25) is 0 Å². The molecule has 13 heavy (non-hydrogen) atoms. The van der Waals surface area contributed by atoms with Crippen LogP contribution in [-0.4, -0.2) is 15.7 Å². The van der Waals surface area contributed by atoms with E-state index in [2.05, 4.69) is 16.9 Å². The maximum atomic E-state index is 5.54. The summed E-state index contributed by atoms with van der Waals surface area (Å²) in [6.07, 6.45) is 5.80. The van der Waals surface area contributed by atoms with Crippen molar-refractivity contribution in [1.82, 2.24) is 9.97 Å². The molecule has 1 aliphatic rings. The summed E-state index contributed by atoms with van der Waals surface area (Å²) in [5.41, 5.74) is 6.17. The molecule has 4 heteroatoms. The monoisotopic (exact) mass is 195 g/mol. The molecule has 2 heterocycles. The first-order valence-corrected chi connectivity index (χ1v) is 5.41. The van der Waals surface area contributed by atoms with Crippen LogP contribution in [0, 0.1) is 0 Å². The summed E-state index contributed by atoms with van der Waals surface area (Å²) in [4.78, 5) is 8.55. The van der Waals surface area contributed by atoms with E-state index in [4.69, 9.17) is 5.73 Å². The lowest BCUT2D eigenvalue weighted by molar-refractivity contribution is 0.604. The van der Waals surface area contributed by atoms with Gasteiger partial charge in [0, 0.05) is 0 Å². The summed E-state index contributed by atoms with van der Waals surface area (Å²) in [7, 11) is 0. The van der Waals surface area contributed by atoms with Crippen LogP contribution in [0.5, 0.6) is 0 Å². The average Bonchev–Trinajstić information content (AvgIpc) is 2.54. The summed E-state index contributed by atoms with van der Waals surface area (Å²) >= 11 is 1.94. The van der Waals surface area contributed by atoms with E-state index in [0.29, 0.717) is 5.69 Å². The molecule has 70 valence electrons. The summed E-state index contributed by atoms with van der Waals surface area (Å²) in [6.45, 7) is 2.20. The number of nitrogens with zero attached hydrogens (tertiary/aromatic N) is 2. The Kier molecular flexibility index (Phi) is 2.15. The van der Waals surface area contributed by atoms with Gasteiger partial charge in [0.2, 0.25) is 0 Å². The van der Waals surface area contributed by atoms with Crippen LogP contribution in [0.3, 0.4) is 0 Å². The van der Waals surface area contributed by atoms with E-state index < -0.39 is 0 Å². The second-order valence-electron chi connectivity index (χ2n) is 3.52. The van der Waals surface area contributed by atoms with Gasteiger partial charge in [-0.3, -0.25) is 0 Å². The topological polar surface area (TPSA) is 51.8 Å². The Morgan fingerprint density at radius 3 is 2.69 bits per heavy atom. The molecule has 3 nitrogen and oxygen atoms in total. The molecule has 1 saturated heterocycles. The molecule has 0 aromatic carbocycles. The zero-order chi connectivity index (χ0) is 9.31. The Hall–Kier alpha value is -0.770. The van der Waals surface area contributed by atoms with Gasteiger partial charge in [0.25, 0.3) is 0 Å². The highest BCUT2D eigenvalue weighted by Gasteiger charge is 2.33. The van der Waals surface area contributed by atoms with E-state index in [1.165, 1.54) is 18.6 Å². The fourth-order valence-corrected chi connectivity index (χ4v) is 2.83. The molecule has 0 saturated carbocycles. The van der Waals surface area contributed by atoms with Crippen molar-refractivity contribution in [3.05, 3.63) is 18.2 Å². The number of thioether (sulfide) groups is 1. The van der Waals surface area contributed by atoms with Crippen molar-refractivity contribution in [3.8, 4) is 0 Å². The largest absolute Gasteiger partial charge is 0.396 e. The number of nitrogens with two attached hydrogens (primary N) is 1. The highest BCUT2D eigenvalue weighted by molar-refractivity contribution is 8.00. The van der Waals surface area contributed by atoms with Crippen LogP contribution in [0.15, 0.2) is 12.4 Å². The Balaban J connectivity index is 2.29. The third-order valence-electron chi connectivity index (χ3n) is 2.36. The van der Waals surface area contributed by atoms with Gasteiger partial charge in [0.15, 0.2) is 0 Å². The van der Waals surface area contributed by atoms with Gasteiger partial charge in [-0.1, -0.05) is 0 Å². The lowest BCUT2D eigenvalue weighted by atomic mass is 10.1. The normalized spacial score (nSPS) is 27.8. The summed E-state index contributed by atoms with van der Waals surface area (Å²) in [6, 6.07) is 0. The van der Waals surface area contributed by atoms with Crippen molar-refractivity contribution >= 4 is 17.4 Å². The number of hydrogen-bond acceptors (Lipinski definition) is 4. The standard InChI is InChI=1S/C9H13N3S/c1-9(3-2-4-13-9)8-11-5-7(10)6-12-8/h5-6H,2-4,10H2,1H3. The molecular formula is C9H13N3S. The first-order chi connectivity index (χ1) is 6.21. The van der Waals surface area contributed by atoms with Gasteiger partial charge < -0.3 is 5.73 Å². The fourth-order valence-electron chi connectivity index (χ4n) is 1.57. The molecule has 1 atom stereocenters. The predicted octanol–water partition coefficient (Wildman–Crippen LogP) is 1.80. The molecule has 2 N–H and O–H groups in total. The maximum Gasteiger partial charge on any atom is 0.144 e. The minimum Gasteiger partial charge on any atom is -0.396 e. The first kappa shape index (κ1) is 8.81. The van der Waals surface area contributed by atoms with E-state index in [-0.39, 0.29) is 4.75 Å². The average molecular weight is 195 g/mol. The Morgan fingerprint density at radius 2 is 2.15 bits per heavy atom. The number of hydrogen-bond donors (Lipinski definition) is 1. The lowest BCUT2D eigenvalue weighted by Crippen LogP contribution is -2.17. The fraction of sp³-hybridized carbons (Fsp3) is 0.556. The third-order valence-corrected chi connectivity index (χ3v) is 3.88. The quantitative estimate of drug-likeness (QED) is 0.742. The van der Waals surface area contributed by atoms with Crippen LogP contribution in [0.1, 0.15) is 25.6 Å². The highest BCUT2D eigenvalue weighted by atomic mass is 32.2. The van der Waals surface area contributed by atoms with Gasteiger partial charge in [-0.2, -0.15) is 0 Å². The van der Waals surface area contributed by atoms with Crippen LogP contribution < -0.4 is 5.73 Å². The van der Waals surface area contributed by atoms with Gasteiger partial charge in [-0.05, 0) is 25.5 Å². The van der Waals surface area contributed by atoms with Crippen LogP contribution in [0.25, 0.3) is 0 Å². The second-order valence-corrected chi connectivity index (χ2v) is 5.12. The van der Waals surface area contributed by atoms with E-state index in [0.717, 1.165) is 5.82 Å². The molecule has 2 rings (SSSR count). The Morgan fingerprint density at radius 1 is 1.46 bits per heavy atom. The van der Waals surface area contributed by atoms with E-state index in [9.17, 15) is 0 Å². The molecule has 0 spiro atoms. The molecule has 1 unspecified atom stereocenters. The predicted molar refractivity (Wildman–Crippen MR) is 55.5 cm³/mol. The highest BCUT2D eigenvalue weighted by Crippen LogP contribution is 2.44. The minimum absolute atomic E-state index is 0.119. The van der Waals surface area contributed by atoms with Crippen molar-refractivity contribution in [2.45, 2.75) is 24.5 Å². The first-order valence-electron chi connectivity index (χ1n) is 4.43. The maximum absolute atomic E-state index is 5.54. The Bertz CT molecular complexity index is 290. The smallest absolute Gasteiger partial charge is 0.144 e. The Labute approximate surface area is 82.2 Å². The van der Waals surface area contributed by atoms with Crippen molar-refractivity contribution in [3.63, 3.8) is 0 Å². The molecule has 0 amide bonds. The molecule has 0 radical (unpaired) electrons. The molecule has 1 fully saturated rings. The lowest BCUT2D eigenvalue weighted by Gasteiger charge is -2.20. The van der Waals surface area contributed by atoms with Gasteiger partial charge in [-0.15, -0.1) is 11.8 Å². The summed E-state index contributed by atoms with van der Waals surface area (Å²) < 4.78 is 0.119. The van der Waals surface area contributed by atoms with Crippen LogP contribution in [-0.2, 0) is 4.75 Å². The molecule has 1 aromatic rings. The second kappa shape index (κ2) is 3.18. The van der Waals surface area contributed by atoms with Gasteiger partial charge in [0.1, 0.15) is 5.82 Å². The van der Waals surface area contributed by atoms with Crippen molar-refractivity contribution in [2.75, 3.05) is 11.5 Å². The summed E-state index contributed by atoms with van der Waals surface area (Å²) in [5.74, 6) is 2.13. The van der Waals surface area contributed by atoms with Crippen molar-refractivity contribution in [2.24, 2.45) is 0 Å². The zero-order valence-corrected chi connectivity index (χ0v) is 8.47. The third kappa shape index (κ3) is 1.63. The van der Waals surface area contributed by atoms with Crippen molar-refractivity contribution < 1.29 is 0 Å². The van der Waals surface area contributed by atoms with Gasteiger partial charge >= 0.3 is 0 Å². The number of nitrogen functional groups attached to an aromatic ring is 1. The van der Waals surface area contributed by atoms with E-state index >= 15 is 0 Å². The number of anilines is 1. The molecule has 0 aliphatic carbocycles. The summed E-state index contributed by atoms with van der Waals surface area (Å²) in [5, 5.41) is 0. The molecule has 1 aromatic heterocycles. The van der Waals surface area contributed by atoms with Gasteiger partial charge in [0.05, 0.1) is 22.8 Å². The van der Waals surface area contributed by atoms with Crippen LogP contribution in [0.4, 0.5) is 5.69 Å². The number of aromatic nitrogens is 2. The van der Waals surface area contributed by atoms with Crippen LogP contribution >= 0.6 is 11.8 Å². The van der Waals surface area contributed by atoms with Crippen molar-refractivity contribution in [1.29, 1.82) is 0 Å². The molecular weight excluding hydrogens is 182 g/mol. The molecule has 0 bridgehead atoms. The zero-order valence-electron chi connectivity index (χ0n) is 7.66. The SMILES string of the molecule is CC1(c2ncc(N)cn2)CCCS1.